The van der Waals surface area contributed by atoms with Gasteiger partial charge in [-0.3, -0.25) is 4.57 Å². The molecule has 8 aromatic carbocycles. The first-order valence-electron chi connectivity index (χ1n) is 20.8. The molecule has 5 aromatic heterocycles. The lowest BCUT2D eigenvalue weighted by Gasteiger charge is -2.11. The molecule has 0 bridgehead atoms. The van der Waals surface area contributed by atoms with Gasteiger partial charge in [-0.2, -0.15) is 4.98 Å². The predicted octanol–water partition coefficient (Wildman–Crippen LogP) is 15.5. The number of nitrogens with zero attached hydrogens (tertiary/aromatic N) is 3. The number of aromatic nitrogens is 3. The summed E-state index contributed by atoms with van der Waals surface area (Å²) in [6.45, 7) is 8.00. The SMILES string of the molecule is CC.CC.CN.Clc1nc2oc3ccccc3c2nc1-n1c2ccccc2c2c3cc(-c4ccc5oc6ccccc6c5c4)ccc3c3c4ccc5ccccc5c4oc3c21. The summed E-state index contributed by atoms with van der Waals surface area (Å²) in [5.74, 6) is 0.506. The first kappa shape index (κ1) is 38.0. The summed E-state index contributed by atoms with van der Waals surface area (Å²) in [7, 11) is 1.50. The molecule has 8 heteroatoms. The molecule has 0 atom stereocenters. The minimum atomic E-state index is 0.235. The smallest absolute Gasteiger partial charge is 0.247 e. The van der Waals surface area contributed by atoms with Crippen molar-refractivity contribution in [3.8, 4) is 16.9 Å². The van der Waals surface area contributed by atoms with Gasteiger partial charge in [-0.25, -0.2) is 4.98 Å². The zero-order valence-electron chi connectivity index (χ0n) is 34.4. The molecule has 0 fully saturated rings. The fourth-order valence-corrected chi connectivity index (χ4v) is 9.10. The Balaban J connectivity index is 0.000000714. The Hall–Kier alpha value is -7.19. The zero-order valence-corrected chi connectivity index (χ0v) is 35.1. The van der Waals surface area contributed by atoms with E-state index in [0.717, 1.165) is 104 Å². The fraction of sp³-hybridized carbons (Fsp3) is 0.0943. The van der Waals surface area contributed by atoms with Crippen LogP contribution < -0.4 is 5.73 Å². The minimum absolute atomic E-state index is 0.235. The first-order chi connectivity index (χ1) is 30.2. The second-order valence-corrected chi connectivity index (χ2v) is 14.6. The summed E-state index contributed by atoms with van der Waals surface area (Å²) in [6.07, 6.45) is 0. The highest BCUT2D eigenvalue weighted by atomic mass is 35.5. The number of para-hydroxylation sites is 3. The third-order valence-electron chi connectivity index (χ3n) is 11.3. The van der Waals surface area contributed by atoms with Gasteiger partial charge in [0.25, 0.3) is 0 Å². The average Bonchev–Trinajstić information content (AvgIpc) is 4.09. The van der Waals surface area contributed by atoms with E-state index < -0.39 is 0 Å². The highest BCUT2D eigenvalue weighted by Crippen LogP contribution is 2.48. The second-order valence-electron chi connectivity index (χ2n) is 14.2. The van der Waals surface area contributed by atoms with E-state index in [-0.39, 0.29) is 5.15 Å². The van der Waals surface area contributed by atoms with Crippen molar-refractivity contribution in [1.82, 2.24) is 14.5 Å². The molecule has 0 aliphatic heterocycles. The van der Waals surface area contributed by atoms with Gasteiger partial charge in [-0.05, 0) is 82.9 Å². The van der Waals surface area contributed by atoms with E-state index in [9.17, 15) is 0 Å². The van der Waals surface area contributed by atoms with Crippen molar-refractivity contribution < 1.29 is 13.3 Å². The van der Waals surface area contributed by atoms with Crippen molar-refractivity contribution in [3.63, 3.8) is 0 Å². The molecule has 0 amide bonds. The number of hydrogen-bond acceptors (Lipinski definition) is 6. The van der Waals surface area contributed by atoms with E-state index in [2.05, 4.69) is 113 Å². The lowest BCUT2D eigenvalue weighted by atomic mass is 9.94. The van der Waals surface area contributed by atoms with Gasteiger partial charge < -0.3 is 19.0 Å². The van der Waals surface area contributed by atoms with Crippen LogP contribution in [0.2, 0.25) is 5.15 Å². The molecule has 2 N–H and O–H groups in total. The molecular weight excluding hydrogens is 776 g/mol. The van der Waals surface area contributed by atoms with E-state index in [1.165, 1.54) is 7.05 Å². The molecule has 13 aromatic rings. The summed E-state index contributed by atoms with van der Waals surface area (Å²) in [4.78, 5) is 10.0. The standard InChI is InChI=1S/C48H24ClN3O3.2C2H6.CH5N/c49-46-47(50-42-32-13-5-8-16-38(32)54-48(42)51-46)52-36-14-6-3-12-31(36)40-35-24-26(27-19-22-39-34(23-27)29-11-4-7-15-37(29)53-39)18-20-30(35)41-33-21-17-25-9-1-2-10-28(25)44(33)55-45(41)43(40)52;3*1-2/h1-24H;2*1-2H3;2H2,1H3. The third-order valence-corrected chi connectivity index (χ3v) is 11.6. The maximum absolute atomic E-state index is 7.14. The minimum Gasteiger partial charge on any atom is -0.456 e. The van der Waals surface area contributed by atoms with Crippen LogP contribution in [0.15, 0.2) is 159 Å². The topological polar surface area (TPSA) is 96.2 Å². The number of benzene rings is 8. The highest BCUT2D eigenvalue weighted by Gasteiger charge is 2.26. The fourth-order valence-electron chi connectivity index (χ4n) is 8.90. The van der Waals surface area contributed by atoms with Crippen LogP contribution in [0.3, 0.4) is 0 Å². The van der Waals surface area contributed by atoms with Crippen LogP contribution in [-0.2, 0) is 0 Å². The molecule has 5 heterocycles. The van der Waals surface area contributed by atoms with E-state index in [4.69, 9.17) is 34.8 Å². The summed E-state index contributed by atoms with van der Waals surface area (Å²) in [6, 6.07) is 50.4. The lowest BCUT2D eigenvalue weighted by Crippen LogP contribution is -2.01. The molecule has 0 saturated carbocycles. The van der Waals surface area contributed by atoms with E-state index in [1.54, 1.807) is 0 Å². The molecule has 0 aliphatic rings. The molecular formula is C53H41ClN4O3. The normalized spacial score (nSPS) is 11.5. The monoisotopic (exact) mass is 816 g/mol. The van der Waals surface area contributed by atoms with Gasteiger partial charge in [0.05, 0.1) is 11.0 Å². The molecule has 7 nitrogen and oxygen atoms in total. The second kappa shape index (κ2) is 15.1. The largest absolute Gasteiger partial charge is 0.456 e. The lowest BCUT2D eigenvalue weighted by molar-refractivity contribution is 0.652. The predicted molar refractivity (Wildman–Crippen MR) is 256 cm³/mol. The van der Waals surface area contributed by atoms with Gasteiger partial charge in [0.1, 0.15) is 27.8 Å². The third kappa shape index (κ3) is 5.62. The maximum Gasteiger partial charge on any atom is 0.247 e. The van der Waals surface area contributed by atoms with Gasteiger partial charge in [0.2, 0.25) is 5.71 Å². The van der Waals surface area contributed by atoms with Crippen LogP contribution in [0.4, 0.5) is 0 Å². The Morgan fingerprint density at radius 2 is 1.08 bits per heavy atom. The van der Waals surface area contributed by atoms with Gasteiger partial charge in [-0.1, -0.05) is 136 Å². The molecule has 0 spiro atoms. The number of fused-ring (bicyclic) bond motifs is 18. The van der Waals surface area contributed by atoms with Gasteiger partial charge in [0, 0.05) is 43.1 Å². The van der Waals surface area contributed by atoms with Crippen LogP contribution in [0.5, 0.6) is 0 Å². The van der Waals surface area contributed by atoms with Crippen LogP contribution in [0.1, 0.15) is 27.7 Å². The van der Waals surface area contributed by atoms with Crippen LogP contribution >= 0.6 is 11.6 Å². The van der Waals surface area contributed by atoms with Gasteiger partial charge >= 0.3 is 0 Å². The van der Waals surface area contributed by atoms with Gasteiger partial charge in [0.15, 0.2) is 16.6 Å². The Bertz CT molecular complexity index is 3820. The van der Waals surface area contributed by atoms with E-state index in [0.29, 0.717) is 22.6 Å². The van der Waals surface area contributed by atoms with Crippen LogP contribution in [0.25, 0.3) is 126 Å². The van der Waals surface area contributed by atoms with Crippen molar-refractivity contribution in [2.24, 2.45) is 5.73 Å². The summed E-state index contributed by atoms with van der Waals surface area (Å²) in [5.41, 5.74) is 13.6. The van der Waals surface area contributed by atoms with E-state index in [1.807, 2.05) is 70.2 Å². The van der Waals surface area contributed by atoms with Crippen molar-refractivity contribution in [2.45, 2.75) is 27.7 Å². The molecule has 298 valence electrons. The summed E-state index contributed by atoms with van der Waals surface area (Å²) >= 11 is 7.14. The number of nitrogens with two attached hydrogens (primary N) is 1. The van der Waals surface area contributed by atoms with Crippen molar-refractivity contribution in [3.05, 3.63) is 151 Å². The highest BCUT2D eigenvalue weighted by molar-refractivity contribution is 6.37. The van der Waals surface area contributed by atoms with Crippen LogP contribution in [-0.4, -0.2) is 21.6 Å². The average molecular weight is 817 g/mol. The Morgan fingerprint density at radius 1 is 0.475 bits per heavy atom. The number of halogens is 1. The molecule has 0 aliphatic carbocycles. The van der Waals surface area contributed by atoms with Crippen molar-refractivity contribution in [1.29, 1.82) is 0 Å². The molecule has 0 unspecified atom stereocenters. The van der Waals surface area contributed by atoms with Crippen molar-refractivity contribution >= 4 is 121 Å². The Morgan fingerprint density at radius 3 is 1.87 bits per heavy atom. The number of hydrogen-bond donors (Lipinski definition) is 1. The first-order valence-corrected chi connectivity index (χ1v) is 21.1. The summed E-state index contributed by atoms with van der Waals surface area (Å²) < 4.78 is 21.5. The summed E-state index contributed by atoms with van der Waals surface area (Å²) in [5, 5.41) is 11.9. The Labute approximate surface area is 355 Å². The van der Waals surface area contributed by atoms with Gasteiger partial charge in [-0.15, -0.1) is 0 Å². The quantitative estimate of drug-likeness (QED) is 0.187. The molecule has 61 heavy (non-hydrogen) atoms. The number of rotatable bonds is 2. The van der Waals surface area contributed by atoms with E-state index >= 15 is 0 Å². The van der Waals surface area contributed by atoms with Crippen LogP contribution in [0, 0.1) is 0 Å². The zero-order chi connectivity index (χ0) is 41.9. The van der Waals surface area contributed by atoms with Crippen molar-refractivity contribution in [2.75, 3.05) is 7.05 Å². The molecule has 0 radical (unpaired) electrons. The number of furan rings is 3. The maximum atomic E-state index is 7.14. The molecule has 0 saturated heterocycles. The Kier molecular flexibility index (Phi) is 9.43. The molecule has 13 rings (SSSR count).